The standard InChI is InChI=1S/C12H11F4N3/c13-11-8(4-17)2-1-3-9(11)6-19-7-10(5-18-19)12(14,15)16/h1-3,5,7H,4,6,17H2. The Hall–Kier alpha value is -1.89. The monoisotopic (exact) mass is 273 g/mol. The molecule has 0 atom stereocenters. The minimum absolute atomic E-state index is 0.0343. The third-order valence-electron chi connectivity index (χ3n) is 2.67. The first-order valence-corrected chi connectivity index (χ1v) is 5.48. The highest BCUT2D eigenvalue weighted by Crippen LogP contribution is 2.28. The van der Waals surface area contributed by atoms with Gasteiger partial charge in [-0.15, -0.1) is 0 Å². The Balaban J connectivity index is 2.25. The van der Waals surface area contributed by atoms with Crippen LogP contribution in [0.3, 0.4) is 0 Å². The lowest BCUT2D eigenvalue weighted by molar-refractivity contribution is -0.137. The SMILES string of the molecule is NCc1cccc(Cn2cc(C(F)(F)F)cn2)c1F. The van der Waals surface area contributed by atoms with Crippen molar-refractivity contribution < 1.29 is 17.6 Å². The number of nitrogens with two attached hydrogens (primary N) is 1. The average molecular weight is 273 g/mol. The van der Waals surface area contributed by atoms with Gasteiger partial charge in [0.15, 0.2) is 0 Å². The van der Waals surface area contributed by atoms with Crippen LogP contribution in [-0.2, 0) is 19.3 Å². The molecule has 0 radical (unpaired) electrons. The number of hydrogen-bond acceptors (Lipinski definition) is 2. The third kappa shape index (κ3) is 2.93. The van der Waals surface area contributed by atoms with Gasteiger partial charge in [0.25, 0.3) is 0 Å². The van der Waals surface area contributed by atoms with Gasteiger partial charge < -0.3 is 5.73 Å². The van der Waals surface area contributed by atoms with Crippen LogP contribution in [0, 0.1) is 5.82 Å². The van der Waals surface area contributed by atoms with Gasteiger partial charge in [-0.2, -0.15) is 18.3 Å². The maximum Gasteiger partial charge on any atom is 0.419 e. The van der Waals surface area contributed by atoms with Gasteiger partial charge in [-0.3, -0.25) is 4.68 Å². The zero-order chi connectivity index (χ0) is 14.0. The third-order valence-corrected chi connectivity index (χ3v) is 2.67. The van der Waals surface area contributed by atoms with Crippen molar-refractivity contribution in [2.45, 2.75) is 19.3 Å². The molecule has 7 heteroatoms. The summed E-state index contributed by atoms with van der Waals surface area (Å²) >= 11 is 0. The Bertz CT molecular complexity index is 575. The molecule has 3 nitrogen and oxygen atoms in total. The molecule has 2 aromatic rings. The molecular formula is C12H11F4N3. The molecule has 102 valence electrons. The first-order valence-electron chi connectivity index (χ1n) is 5.48. The summed E-state index contributed by atoms with van der Waals surface area (Å²) in [5.41, 5.74) is 5.07. The lowest BCUT2D eigenvalue weighted by Gasteiger charge is -2.07. The molecular weight excluding hydrogens is 262 g/mol. The van der Waals surface area contributed by atoms with Crippen molar-refractivity contribution in [1.29, 1.82) is 0 Å². The van der Waals surface area contributed by atoms with E-state index in [9.17, 15) is 17.6 Å². The number of benzene rings is 1. The van der Waals surface area contributed by atoms with Gasteiger partial charge in [0.2, 0.25) is 0 Å². The van der Waals surface area contributed by atoms with Gasteiger partial charge in [0.05, 0.1) is 18.3 Å². The molecule has 0 aliphatic rings. The predicted octanol–water partition coefficient (Wildman–Crippen LogP) is 2.55. The van der Waals surface area contributed by atoms with E-state index in [0.29, 0.717) is 11.8 Å². The Labute approximate surface area is 106 Å². The van der Waals surface area contributed by atoms with Crippen molar-refractivity contribution in [2.24, 2.45) is 5.73 Å². The highest BCUT2D eigenvalue weighted by molar-refractivity contribution is 5.26. The van der Waals surface area contributed by atoms with Crippen LogP contribution in [0.5, 0.6) is 0 Å². The molecule has 19 heavy (non-hydrogen) atoms. The number of alkyl halides is 3. The maximum atomic E-state index is 13.9. The average Bonchev–Trinajstić information content (AvgIpc) is 2.80. The molecule has 0 saturated heterocycles. The highest BCUT2D eigenvalue weighted by atomic mass is 19.4. The second kappa shape index (κ2) is 5.00. The summed E-state index contributed by atoms with van der Waals surface area (Å²) in [7, 11) is 0. The molecule has 1 aromatic heterocycles. The second-order valence-corrected chi connectivity index (χ2v) is 4.02. The minimum Gasteiger partial charge on any atom is -0.326 e. The summed E-state index contributed by atoms with van der Waals surface area (Å²) < 4.78 is 52.1. The van der Waals surface area contributed by atoms with Crippen molar-refractivity contribution in [3.8, 4) is 0 Å². The van der Waals surface area contributed by atoms with Gasteiger partial charge in [-0.25, -0.2) is 4.39 Å². The highest BCUT2D eigenvalue weighted by Gasteiger charge is 2.32. The van der Waals surface area contributed by atoms with Gasteiger partial charge >= 0.3 is 6.18 Å². The number of aromatic nitrogens is 2. The molecule has 0 saturated carbocycles. The molecule has 0 aliphatic carbocycles. The second-order valence-electron chi connectivity index (χ2n) is 4.02. The van der Waals surface area contributed by atoms with Crippen LogP contribution in [-0.4, -0.2) is 9.78 Å². The summed E-state index contributed by atoms with van der Waals surface area (Å²) in [5, 5.41) is 3.57. The molecule has 1 heterocycles. The molecule has 2 N–H and O–H groups in total. The fourth-order valence-electron chi connectivity index (χ4n) is 1.68. The molecule has 0 spiro atoms. The van der Waals surface area contributed by atoms with Gasteiger partial charge in [0, 0.05) is 23.9 Å². The summed E-state index contributed by atoms with van der Waals surface area (Å²) in [5.74, 6) is -0.506. The van der Waals surface area contributed by atoms with E-state index in [-0.39, 0.29) is 18.7 Å². The lowest BCUT2D eigenvalue weighted by Crippen LogP contribution is -2.07. The van der Waals surface area contributed by atoms with Crippen molar-refractivity contribution in [2.75, 3.05) is 0 Å². The summed E-state index contributed by atoms with van der Waals surface area (Å²) in [4.78, 5) is 0. The fraction of sp³-hybridized carbons (Fsp3) is 0.250. The van der Waals surface area contributed by atoms with Gasteiger partial charge in [-0.1, -0.05) is 18.2 Å². The Morgan fingerprint density at radius 3 is 2.47 bits per heavy atom. The van der Waals surface area contributed by atoms with E-state index in [0.717, 1.165) is 10.9 Å². The summed E-state index contributed by atoms with van der Waals surface area (Å²) in [6.07, 6.45) is -2.89. The van der Waals surface area contributed by atoms with E-state index >= 15 is 0 Å². The van der Waals surface area contributed by atoms with Crippen molar-refractivity contribution in [1.82, 2.24) is 9.78 Å². The Kier molecular flexibility index (Phi) is 3.57. The number of halogens is 4. The lowest BCUT2D eigenvalue weighted by atomic mass is 10.1. The molecule has 0 aliphatic heterocycles. The normalized spacial score (nSPS) is 11.8. The van der Waals surface area contributed by atoms with Crippen LogP contribution in [0.2, 0.25) is 0 Å². The van der Waals surface area contributed by atoms with Crippen LogP contribution in [0.15, 0.2) is 30.6 Å². The van der Waals surface area contributed by atoms with Crippen molar-refractivity contribution in [3.05, 3.63) is 53.1 Å². The largest absolute Gasteiger partial charge is 0.419 e. The zero-order valence-corrected chi connectivity index (χ0v) is 9.78. The number of rotatable bonds is 3. The van der Waals surface area contributed by atoms with E-state index in [2.05, 4.69) is 5.10 Å². The topological polar surface area (TPSA) is 43.8 Å². The molecule has 2 rings (SSSR count). The van der Waals surface area contributed by atoms with Crippen LogP contribution in [0.1, 0.15) is 16.7 Å². The van der Waals surface area contributed by atoms with Crippen molar-refractivity contribution >= 4 is 0 Å². The van der Waals surface area contributed by atoms with E-state index < -0.39 is 17.6 Å². The van der Waals surface area contributed by atoms with E-state index in [1.807, 2.05) is 0 Å². The Morgan fingerprint density at radius 1 is 1.21 bits per heavy atom. The predicted molar refractivity (Wildman–Crippen MR) is 60.6 cm³/mol. The number of nitrogens with zero attached hydrogens (tertiary/aromatic N) is 2. The van der Waals surface area contributed by atoms with Crippen LogP contribution < -0.4 is 5.73 Å². The van der Waals surface area contributed by atoms with E-state index in [1.165, 1.54) is 12.1 Å². The molecule has 0 amide bonds. The maximum absolute atomic E-state index is 13.9. The zero-order valence-electron chi connectivity index (χ0n) is 9.78. The fourth-order valence-corrected chi connectivity index (χ4v) is 1.68. The smallest absolute Gasteiger partial charge is 0.326 e. The van der Waals surface area contributed by atoms with Crippen LogP contribution in [0.25, 0.3) is 0 Å². The molecule has 0 bridgehead atoms. The van der Waals surface area contributed by atoms with Crippen LogP contribution >= 0.6 is 0 Å². The summed E-state index contributed by atoms with van der Waals surface area (Å²) in [6, 6.07) is 4.63. The van der Waals surface area contributed by atoms with Crippen molar-refractivity contribution in [3.63, 3.8) is 0 Å². The number of hydrogen-bond donors (Lipinski definition) is 1. The van der Waals surface area contributed by atoms with E-state index in [4.69, 9.17) is 5.73 Å². The van der Waals surface area contributed by atoms with Crippen LogP contribution in [0.4, 0.5) is 17.6 Å². The quantitative estimate of drug-likeness (QED) is 0.873. The summed E-state index contributed by atoms with van der Waals surface area (Å²) in [6.45, 7) is -0.0394. The first-order chi connectivity index (χ1) is 8.91. The molecule has 1 aromatic carbocycles. The van der Waals surface area contributed by atoms with E-state index in [1.54, 1.807) is 6.07 Å². The minimum atomic E-state index is -4.45. The molecule has 0 unspecified atom stereocenters. The van der Waals surface area contributed by atoms with Gasteiger partial charge in [-0.05, 0) is 0 Å². The Morgan fingerprint density at radius 2 is 1.89 bits per heavy atom. The van der Waals surface area contributed by atoms with Gasteiger partial charge in [0.1, 0.15) is 5.82 Å². The first kappa shape index (κ1) is 13.5. The molecule has 0 fully saturated rings.